The Hall–Kier alpha value is -2.92. The van der Waals surface area contributed by atoms with Crippen molar-refractivity contribution in [3.63, 3.8) is 0 Å². The number of hydrogen-bond acceptors (Lipinski definition) is 5. The molecule has 0 spiro atoms. The molecule has 0 saturated heterocycles. The van der Waals surface area contributed by atoms with Crippen molar-refractivity contribution < 1.29 is 26.4 Å². The molecule has 12 heteroatoms. The molecule has 2 aromatic heterocycles. The first-order valence-corrected chi connectivity index (χ1v) is 9.34. The van der Waals surface area contributed by atoms with Crippen LogP contribution in [0.1, 0.15) is 16.1 Å². The van der Waals surface area contributed by atoms with Gasteiger partial charge < -0.3 is 0 Å². The smallest absolute Gasteiger partial charge is 0.268 e. The van der Waals surface area contributed by atoms with Gasteiger partial charge in [-0.15, -0.1) is 0 Å². The molecule has 0 bridgehead atoms. The van der Waals surface area contributed by atoms with Gasteiger partial charge in [-0.2, -0.15) is 26.7 Å². The van der Waals surface area contributed by atoms with Crippen LogP contribution in [0.4, 0.5) is 13.2 Å². The molecule has 1 amide bonds. The number of halogens is 4. The number of carbonyl (C=O) groups excluding carboxylic acids is 1. The Morgan fingerprint density at radius 1 is 1.07 bits per heavy atom. The summed E-state index contributed by atoms with van der Waals surface area (Å²) < 4.78 is 65.0. The van der Waals surface area contributed by atoms with Gasteiger partial charge in [-0.25, -0.2) is 14.4 Å². The van der Waals surface area contributed by atoms with E-state index >= 15 is 0 Å². The summed E-state index contributed by atoms with van der Waals surface area (Å²) in [7, 11) is -4.21. The maximum absolute atomic E-state index is 12.6. The van der Waals surface area contributed by atoms with E-state index in [0.717, 1.165) is 29.2 Å². The zero-order chi connectivity index (χ0) is 20.5. The van der Waals surface area contributed by atoms with E-state index in [-0.39, 0.29) is 16.3 Å². The monoisotopic (exact) mass is 430 g/mol. The third-order valence-corrected chi connectivity index (χ3v) is 4.95. The molecule has 0 unspecified atom stereocenters. The third-order valence-electron chi connectivity index (χ3n) is 3.48. The van der Waals surface area contributed by atoms with Crippen LogP contribution in [0.5, 0.6) is 0 Å². The Kier molecular flexibility index (Phi) is 5.13. The van der Waals surface area contributed by atoms with E-state index in [0.29, 0.717) is 0 Å². The minimum atomic E-state index is -4.57. The van der Waals surface area contributed by atoms with Gasteiger partial charge in [-0.3, -0.25) is 4.79 Å². The molecule has 0 atom stereocenters. The largest absolute Gasteiger partial charge is 0.435 e. The average molecular weight is 431 g/mol. The number of aromatic nitrogens is 3. The van der Waals surface area contributed by atoms with Crippen molar-refractivity contribution in [1.82, 2.24) is 19.5 Å². The lowest BCUT2D eigenvalue weighted by Gasteiger charge is -2.07. The summed E-state index contributed by atoms with van der Waals surface area (Å²) in [6.07, 6.45) is -2.33. The Bertz CT molecular complexity index is 1110. The fourth-order valence-electron chi connectivity index (χ4n) is 2.14. The van der Waals surface area contributed by atoms with Crippen LogP contribution >= 0.6 is 11.6 Å². The maximum atomic E-state index is 12.6. The van der Waals surface area contributed by atoms with Crippen LogP contribution in [0.3, 0.4) is 0 Å². The van der Waals surface area contributed by atoms with Crippen molar-refractivity contribution in [3.8, 4) is 5.69 Å². The highest BCUT2D eigenvalue weighted by Gasteiger charge is 2.33. The van der Waals surface area contributed by atoms with Gasteiger partial charge in [-0.05, 0) is 42.5 Å². The van der Waals surface area contributed by atoms with Crippen LogP contribution in [-0.2, 0) is 16.2 Å². The Balaban J connectivity index is 1.77. The number of sulfonamides is 1. The SMILES string of the molecule is O=C(NS(=O)(=O)c1ccc(Cl)cn1)c1ccc(-n2ccc(C(F)(F)F)n2)cc1. The van der Waals surface area contributed by atoms with Gasteiger partial charge in [0.05, 0.1) is 10.7 Å². The van der Waals surface area contributed by atoms with Gasteiger partial charge in [0.25, 0.3) is 15.9 Å². The van der Waals surface area contributed by atoms with Crippen LogP contribution < -0.4 is 4.72 Å². The predicted molar refractivity (Wildman–Crippen MR) is 92.5 cm³/mol. The molecule has 0 aliphatic rings. The predicted octanol–water partition coefficient (Wildman–Crippen LogP) is 3.06. The summed E-state index contributed by atoms with van der Waals surface area (Å²) in [5, 5.41) is 3.25. The zero-order valence-electron chi connectivity index (χ0n) is 13.7. The number of nitrogens with one attached hydrogen (secondary N) is 1. The van der Waals surface area contributed by atoms with E-state index in [4.69, 9.17) is 11.6 Å². The molecule has 28 heavy (non-hydrogen) atoms. The molecule has 0 fully saturated rings. The zero-order valence-corrected chi connectivity index (χ0v) is 15.3. The Morgan fingerprint density at radius 3 is 2.29 bits per heavy atom. The minimum absolute atomic E-state index is 0.0236. The Labute approximate surface area is 161 Å². The summed E-state index contributed by atoms with van der Waals surface area (Å²) >= 11 is 5.64. The first-order valence-electron chi connectivity index (χ1n) is 7.48. The second-order valence-electron chi connectivity index (χ2n) is 5.44. The molecule has 0 radical (unpaired) electrons. The highest BCUT2D eigenvalue weighted by atomic mass is 35.5. The second-order valence-corrected chi connectivity index (χ2v) is 7.51. The number of carbonyl (C=O) groups is 1. The van der Waals surface area contributed by atoms with Crippen LogP contribution in [0.25, 0.3) is 5.69 Å². The van der Waals surface area contributed by atoms with Crippen LogP contribution in [0, 0.1) is 0 Å². The molecule has 146 valence electrons. The van der Waals surface area contributed by atoms with E-state index in [1.807, 2.05) is 4.72 Å². The summed E-state index contributed by atoms with van der Waals surface area (Å²) in [6, 6.07) is 8.42. The molecular formula is C16H10ClF3N4O3S. The number of amides is 1. The van der Waals surface area contributed by atoms with E-state index in [1.54, 1.807) is 0 Å². The normalized spacial score (nSPS) is 12.0. The van der Waals surface area contributed by atoms with Crippen molar-refractivity contribution in [2.24, 2.45) is 0 Å². The second kappa shape index (κ2) is 7.24. The summed E-state index contributed by atoms with van der Waals surface area (Å²) in [5.74, 6) is -0.931. The van der Waals surface area contributed by atoms with Crippen molar-refractivity contribution in [2.75, 3.05) is 0 Å². The number of nitrogens with zero attached hydrogens (tertiary/aromatic N) is 3. The van der Waals surface area contributed by atoms with Crippen LogP contribution in [0.15, 0.2) is 59.9 Å². The van der Waals surface area contributed by atoms with E-state index in [2.05, 4.69) is 10.1 Å². The molecule has 1 N–H and O–H groups in total. The molecule has 0 aliphatic heterocycles. The summed E-state index contributed by atoms with van der Waals surface area (Å²) in [4.78, 5) is 15.8. The lowest BCUT2D eigenvalue weighted by atomic mass is 10.2. The van der Waals surface area contributed by atoms with Crippen LogP contribution in [-0.4, -0.2) is 29.1 Å². The molecule has 3 rings (SSSR count). The molecular weight excluding hydrogens is 421 g/mol. The minimum Gasteiger partial charge on any atom is -0.268 e. The number of benzene rings is 1. The van der Waals surface area contributed by atoms with Crippen LogP contribution in [0.2, 0.25) is 5.02 Å². The molecule has 7 nitrogen and oxygen atoms in total. The fraction of sp³-hybridized carbons (Fsp3) is 0.0625. The Morgan fingerprint density at radius 2 is 1.75 bits per heavy atom. The number of pyridine rings is 1. The number of hydrogen-bond donors (Lipinski definition) is 1. The van der Waals surface area contributed by atoms with Gasteiger partial charge in [0.1, 0.15) is 0 Å². The van der Waals surface area contributed by atoms with E-state index < -0.39 is 32.8 Å². The maximum Gasteiger partial charge on any atom is 0.435 e. The lowest BCUT2D eigenvalue weighted by molar-refractivity contribution is -0.141. The van der Waals surface area contributed by atoms with Crippen molar-refractivity contribution in [1.29, 1.82) is 0 Å². The first kappa shape index (κ1) is 19.8. The molecule has 3 aromatic rings. The van der Waals surface area contributed by atoms with Gasteiger partial charge in [-0.1, -0.05) is 11.6 Å². The van der Waals surface area contributed by atoms with E-state index in [1.165, 1.54) is 30.3 Å². The topological polar surface area (TPSA) is 94.0 Å². The molecule has 2 heterocycles. The standard InChI is InChI=1S/C16H10ClF3N4O3S/c17-11-3-6-14(21-9-11)28(26,27)23-15(25)10-1-4-12(5-2-10)24-8-7-13(22-24)16(18,19)20/h1-9H,(H,23,25). The average Bonchev–Trinajstić information content (AvgIpc) is 3.12. The molecule has 0 saturated carbocycles. The lowest BCUT2D eigenvalue weighted by Crippen LogP contribution is -2.31. The highest BCUT2D eigenvalue weighted by Crippen LogP contribution is 2.27. The van der Waals surface area contributed by atoms with E-state index in [9.17, 15) is 26.4 Å². The fourth-order valence-corrected chi connectivity index (χ4v) is 3.16. The van der Waals surface area contributed by atoms with Crippen molar-refractivity contribution in [3.05, 3.63) is 71.1 Å². The van der Waals surface area contributed by atoms with Gasteiger partial charge >= 0.3 is 6.18 Å². The summed E-state index contributed by atoms with van der Waals surface area (Å²) in [6.45, 7) is 0. The van der Waals surface area contributed by atoms with Crippen molar-refractivity contribution in [2.45, 2.75) is 11.2 Å². The quantitative estimate of drug-likeness (QED) is 0.686. The molecule has 0 aliphatic carbocycles. The highest BCUT2D eigenvalue weighted by molar-refractivity contribution is 7.90. The third kappa shape index (κ3) is 4.31. The molecule has 1 aromatic carbocycles. The number of alkyl halides is 3. The summed E-state index contributed by atoms with van der Waals surface area (Å²) in [5.41, 5.74) is -0.824. The van der Waals surface area contributed by atoms with Crippen molar-refractivity contribution >= 4 is 27.5 Å². The van der Waals surface area contributed by atoms with Gasteiger partial charge in [0.2, 0.25) is 0 Å². The van der Waals surface area contributed by atoms with Gasteiger partial charge in [0, 0.05) is 18.0 Å². The first-order chi connectivity index (χ1) is 13.1. The number of rotatable bonds is 4. The van der Waals surface area contributed by atoms with Gasteiger partial charge in [0.15, 0.2) is 10.7 Å².